The van der Waals surface area contributed by atoms with Crippen molar-refractivity contribution in [3.05, 3.63) is 105 Å². The number of halogens is 1. The molecule has 0 unspecified atom stereocenters. The van der Waals surface area contributed by atoms with Crippen LogP contribution in [0.4, 0.5) is 4.39 Å². The third-order valence-electron chi connectivity index (χ3n) is 6.64. The van der Waals surface area contributed by atoms with Gasteiger partial charge in [-0.1, -0.05) is 36.4 Å². The summed E-state index contributed by atoms with van der Waals surface area (Å²) in [6.45, 7) is 0.646. The van der Waals surface area contributed by atoms with Crippen molar-refractivity contribution in [3.8, 4) is 11.5 Å². The topological polar surface area (TPSA) is 91.6 Å². The summed E-state index contributed by atoms with van der Waals surface area (Å²) >= 11 is 0. The van der Waals surface area contributed by atoms with Gasteiger partial charge in [-0.25, -0.2) is 9.18 Å². The maximum atomic E-state index is 14.3. The number of nitrogens with zero attached hydrogens (tertiary/aromatic N) is 2. The van der Waals surface area contributed by atoms with Crippen LogP contribution in [0.2, 0.25) is 0 Å². The number of carbonyl (C=O) groups is 1. The number of amides is 1. The van der Waals surface area contributed by atoms with Gasteiger partial charge in [-0.3, -0.25) is 18.7 Å². The van der Waals surface area contributed by atoms with Crippen molar-refractivity contribution in [1.82, 2.24) is 14.5 Å². The second kappa shape index (κ2) is 12.9. The molecular formula is C30H32FN3O5. The van der Waals surface area contributed by atoms with Crippen LogP contribution in [-0.4, -0.2) is 35.8 Å². The molecule has 0 aliphatic carbocycles. The number of rotatable bonds is 12. The molecule has 0 bridgehead atoms. The van der Waals surface area contributed by atoms with E-state index >= 15 is 0 Å². The third-order valence-corrected chi connectivity index (χ3v) is 6.64. The molecule has 9 heteroatoms. The van der Waals surface area contributed by atoms with Crippen LogP contribution in [0.25, 0.3) is 10.9 Å². The second-order valence-electron chi connectivity index (χ2n) is 9.18. The number of methoxy groups -OCH3 is 2. The standard InChI is InChI=1S/C30H32FN3O5/c1-38-26-15-14-21(19-27(26)39-2)16-17-32-28(35)13-7-8-18-33-29(36)23-10-4-6-12-25(23)34(30(33)37)20-22-9-3-5-11-24(22)31/h3-6,9-12,14-15,19H,7-8,13,16-18,20H2,1-2H3,(H,32,35). The number of nitrogens with one attached hydrogen (secondary N) is 1. The molecule has 1 aromatic heterocycles. The van der Waals surface area contributed by atoms with Crippen molar-refractivity contribution in [2.75, 3.05) is 20.8 Å². The van der Waals surface area contributed by atoms with Crippen LogP contribution in [0.3, 0.4) is 0 Å². The quantitative estimate of drug-likeness (QED) is 0.279. The largest absolute Gasteiger partial charge is 0.493 e. The highest BCUT2D eigenvalue weighted by atomic mass is 19.1. The molecule has 0 saturated carbocycles. The molecule has 39 heavy (non-hydrogen) atoms. The SMILES string of the molecule is COc1ccc(CCNC(=O)CCCCn2c(=O)c3ccccc3n(Cc3ccccc3F)c2=O)cc1OC. The van der Waals surface area contributed by atoms with E-state index in [1.54, 1.807) is 56.7 Å². The molecule has 0 atom stereocenters. The Morgan fingerprint density at radius 1 is 0.897 bits per heavy atom. The summed E-state index contributed by atoms with van der Waals surface area (Å²) in [5, 5.41) is 3.29. The number of unbranched alkanes of at least 4 members (excludes halogenated alkanes) is 1. The molecule has 1 N–H and O–H groups in total. The lowest BCUT2D eigenvalue weighted by Gasteiger charge is -2.14. The lowest BCUT2D eigenvalue weighted by atomic mass is 10.1. The zero-order chi connectivity index (χ0) is 27.8. The maximum Gasteiger partial charge on any atom is 0.331 e. The van der Waals surface area contributed by atoms with Gasteiger partial charge in [0, 0.05) is 25.1 Å². The van der Waals surface area contributed by atoms with Crippen LogP contribution in [-0.2, 0) is 24.3 Å². The Hall–Kier alpha value is -4.40. The molecule has 0 spiro atoms. The van der Waals surface area contributed by atoms with E-state index in [9.17, 15) is 18.8 Å². The van der Waals surface area contributed by atoms with Crippen LogP contribution in [0, 0.1) is 5.82 Å². The Morgan fingerprint density at radius 3 is 2.41 bits per heavy atom. The first-order chi connectivity index (χ1) is 18.9. The second-order valence-corrected chi connectivity index (χ2v) is 9.18. The Kier molecular flexibility index (Phi) is 9.14. The minimum atomic E-state index is -0.499. The number of benzene rings is 3. The fourth-order valence-corrected chi connectivity index (χ4v) is 4.54. The summed E-state index contributed by atoms with van der Waals surface area (Å²) in [5.41, 5.74) is 0.942. The van der Waals surface area contributed by atoms with E-state index in [1.165, 1.54) is 15.2 Å². The van der Waals surface area contributed by atoms with Crippen LogP contribution in [0.5, 0.6) is 11.5 Å². The van der Waals surface area contributed by atoms with Crippen LogP contribution in [0.1, 0.15) is 30.4 Å². The number of aromatic nitrogens is 2. The molecule has 4 aromatic rings. The smallest absolute Gasteiger partial charge is 0.331 e. The fraction of sp³-hybridized carbons (Fsp3) is 0.300. The summed E-state index contributed by atoms with van der Waals surface area (Å²) in [6, 6.07) is 18.7. The van der Waals surface area contributed by atoms with E-state index in [-0.39, 0.29) is 31.0 Å². The highest BCUT2D eigenvalue weighted by Crippen LogP contribution is 2.27. The van der Waals surface area contributed by atoms with E-state index in [0.717, 1.165) is 5.56 Å². The highest BCUT2D eigenvalue weighted by Gasteiger charge is 2.14. The zero-order valence-electron chi connectivity index (χ0n) is 22.1. The third kappa shape index (κ3) is 6.54. The number of para-hydroxylation sites is 1. The van der Waals surface area contributed by atoms with Gasteiger partial charge in [-0.05, 0) is 55.2 Å². The van der Waals surface area contributed by atoms with Crippen LogP contribution in [0.15, 0.2) is 76.3 Å². The summed E-state index contributed by atoms with van der Waals surface area (Å²) in [6.07, 6.45) is 1.89. The monoisotopic (exact) mass is 533 g/mol. The summed E-state index contributed by atoms with van der Waals surface area (Å²) < 4.78 is 27.5. The Labute approximate surface area is 225 Å². The van der Waals surface area contributed by atoms with Gasteiger partial charge in [-0.2, -0.15) is 0 Å². The molecule has 1 amide bonds. The molecule has 1 heterocycles. The average molecular weight is 534 g/mol. The van der Waals surface area contributed by atoms with Gasteiger partial charge in [0.05, 0.1) is 31.7 Å². The predicted molar refractivity (Wildman–Crippen MR) is 148 cm³/mol. The van der Waals surface area contributed by atoms with Gasteiger partial charge < -0.3 is 14.8 Å². The van der Waals surface area contributed by atoms with Gasteiger partial charge in [0.1, 0.15) is 5.82 Å². The Balaban J connectivity index is 1.36. The zero-order valence-corrected chi connectivity index (χ0v) is 22.1. The number of fused-ring (bicyclic) bond motifs is 1. The first kappa shape index (κ1) is 27.6. The van der Waals surface area contributed by atoms with Crippen molar-refractivity contribution in [1.29, 1.82) is 0 Å². The van der Waals surface area contributed by atoms with Crippen molar-refractivity contribution in [2.45, 2.75) is 38.8 Å². The van der Waals surface area contributed by atoms with Gasteiger partial charge in [0.15, 0.2) is 11.5 Å². The van der Waals surface area contributed by atoms with Gasteiger partial charge in [-0.15, -0.1) is 0 Å². The van der Waals surface area contributed by atoms with E-state index in [0.29, 0.717) is 53.8 Å². The molecule has 8 nitrogen and oxygen atoms in total. The minimum absolute atomic E-state index is 0.00871. The molecular weight excluding hydrogens is 501 g/mol. The minimum Gasteiger partial charge on any atom is -0.493 e. The Morgan fingerprint density at radius 2 is 1.64 bits per heavy atom. The Bertz CT molecular complexity index is 1580. The lowest BCUT2D eigenvalue weighted by Crippen LogP contribution is -2.40. The molecule has 204 valence electrons. The summed E-state index contributed by atoms with van der Waals surface area (Å²) in [5.74, 6) is 0.773. The predicted octanol–water partition coefficient (Wildman–Crippen LogP) is 3.90. The highest BCUT2D eigenvalue weighted by molar-refractivity contribution is 5.78. The van der Waals surface area contributed by atoms with Crippen molar-refractivity contribution in [3.63, 3.8) is 0 Å². The first-order valence-electron chi connectivity index (χ1n) is 12.9. The van der Waals surface area contributed by atoms with Gasteiger partial charge in [0.2, 0.25) is 5.91 Å². The molecule has 0 saturated heterocycles. The number of hydrogen-bond acceptors (Lipinski definition) is 5. The number of hydrogen-bond donors (Lipinski definition) is 1. The van der Waals surface area contributed by atoms with E-state index < -0.39 is 11.5 Å². The van der Waals surface area contributed by atoms with Gasteiger partial charge >= 0.3 is 5.69 Å². The molecule has 3 aromatic carbocycles. The summed E-state index contributed by atoms with van der Waals surface area (Å²) in [7, 11) is 3.16. The molecule has 0 radical (unpaired) electrons. The fourth-order valence-electron chi connectivity index (χ4n) is 4.54. The average Bonchev–Trinajstić information content (AvgIpc) is 2.95. The number of ether oxygens (including phenoxy) is 2. The van der Waals surface area contributed by atoms with E-state index in [2.05, 4.69) is 5.32 Å². The molecule has 4 rings (SSSR count). The van der Waals surface area contributed by atoms with Crippen LogP contribution < -0.4 is 26.0 Å². The van der Waals surface area contributed by atoms with Crippen molar-refractivity contribution in [2.24, 2.45) is 0 Å². The summed E-state index contributed by atoms with van der Waals surface area (Å²) in [4.78, 5) is 38.7. The van der Waals surface area contributed by atoms with Crippen LogP contribution >= 0.6 is 0 Å². The van der Waals surface area contributed by atoms with E-state index in [1.807, 2.05) is 18.2 Å². The molecule has 0 aliphatic heterocycles. The number of carbonyl (C=O) groups excluding carboxylic acids is 1. The first-order valence-corrected chi connectivity index (χ1v) is 12.9. The molecule has 0 fully saturated rings. The van der Waals surface area contributed by atoms with Crippen molar-refractivity contribution < 1.29 is 18.7 Å². The van der Waals surface area contributed by atoms with Gasteiger partial charge in [0.25, 0.3) is 5.56 Å². The lowest BCUT2D eigenvalue weighted by molar-refractivity contribution is -0.121. The maximum absolute atomic E-state index is 14.3. The normalized spacial score (nSPS) is 10.9. The van der Waals surface area contributed by atoms with E-state index in [4.69, 9.17) is 9.47 Å². The molecule has 0 aliphatic rings. The van der Waals surface area contributed by atoms with Crippen molar-refractivity contribution >= 4 is 16.8 Å².